The van der Waals surface area contributed by atoms with Gasteiger partial charge in [0, 0.05) is 16.8 Å². The Morgan fingerprint density at radius 2 is 1.71 bits per heavy atom. The second-order valence-corrected chi connectivity index (χ2v) is 6.10. The number of aryl methyl sites for hydroxylation is 3. The van der Waals surface area contributed by atoms with Crippen molar-refractivity contribution in [2.24, 2.45) is 0 Å². The zero-order valence-corrected chi connectivity index (χ0v) is 13.0. The summed E-state index contributed by atoms with van der Waals surface area (Å²) in [6, 6.07) is 10.5. The Bertz CT molecular complexity index is 808. The van der Waals surface area contributed by atoms with E-state index < -0.39 is 0 Å². The first-order chi connectivity index (χ1) is 10.0. The van der Waals surface area contributed by atoms with Gasteiger partial charge in [0.05, 0.1) is 5.69 Å². The zero-order chi connectivity index (χ0) is 15.0. The van der Waals surface area contributed by atoms with E-state index >= 15 is 0 Å². The van der Waals surface area contributed by atoms with Crippen LogP contribution < -0.4 is 5.73 Å². The van der Waals surface area contributed by atoms with Crippen molar-refractivity contribution in [1.82, 2.24) is 15.2 Å². The summed E-state index contributed by atoms with van der Waals surface area (Å²) >= 11 is 1.38. The topological polar surface area (TPSA) is 64.7 Å². The van der Waals surface area contributed by atoms with Crippen LogP contribution in [0.1, 0.15) is 16.8 Å². The first-order valence-corrected chi connectivity index (χ1v) is 7.51. The summed E-state index contributed by atoms with van der Waals surface area (Å²) in [7, 11) is 0. The molecule has 3 aromatic rings. The van der Waals surface area contributed by atoms with E-state index in [-0.39, 0.29) is 0 Å². The number of anilines is 1. The summed E-state index contributed by atoms with van der Waals surface area (Å²) in [6.07, 6.45) is 0. The lowest BCUT2D eigenvalue weighted by Gasteiger charge is -2.09. The smallest absolute Gasteiger partial charge is 0.203 e. The minimum absolute atomic E-state index is 0.475. The highest BCUT2D eigenvalue weighted by molar-refractivity contribution is 7.18. The molecule has 0 aliphatic rings. The number of pyridine rings is 1. The largest absolute Gasteiger partial charge is 0.374 e. The Balaban J connectivity index is 2.05. The van der Waals surface area contributed by atoms with Crippen LogP contribution in [0.15, 0.2) is 30.3 Å². The molecule has 2 aromatic heterocycles. The Labute approximate surface area is 127 Å². The normalized spacial score (nSPS) is 10.8. The molecule has 0 saturated heterocycles. The second-order valence-electron chi connectivity index (χ2n) is 5.09. The van der Waals surface area contributed by atoms with Gasteiger partial charge in [0.25, 0.3) is 0 Å². The van der Waals surface area contributed by atoms with Gasteiger partial charge >= 0.3 is 0 Å². The van der Waals surface area contributed by atoms with Gasteiger partial charge in [-0.3, -0.25) is 4.98 Å². The fraction of sp³-hybridized carbons (Fsp3) is 0.188. The number of benzene rings is 1. The van der Waals surface area contributed by atoms with Crippen LogP contribution in [0.4, 0.5) is 5.13 Å². The number of hydrogen-bond donors (Lipinski definition) is 1. The molecule has 21 heavy (non-hydrogen) atoms. The number of hydrogen-bond acceptors (Lipinski definition) is 5. The van der Waals surface area contributed by atoms with Gasteiger partial charge in [-0.1, -0.05) is 35.1 Å². The molecular formula is C16H16N4S. The molecule has 5 heteroatoms. The van der Waals surface area contributed by atoms with Crippen LogP contribution in [0.2, 0.25) is 0 Å². The van der Waals surface area contributed by atoms with Crippen molar-refractivity contribution in [3.63, 3.8) is 0 Å². The minimum atomic E-state index is 0.475. The van der Waals surface area contributed by atoms with Gasteiger partial charge in [0.15, 0.2) is 5.01 Å². The van der Waals surface area contributed by atoms with E-state index in [9.17, 15) is 0 Å². The number of nitrogens with two attached hydrogens (primary N) is 1. The van der Waals surface area contributed by atoms with Gasteiger partial charge in [-0.15, -0.1) is 10.2 Å². The van der Waals surface area contributed by atoms with E-state index in [2.05, 4.69) is 42.2 Å². The van der Waals surface area contributed by atoms with Gasteiger partial charge in [-0.2, -0.15) is 0 Å². The highest BCUT2D eigenvalue weighted by atomic mass is 32.1. The van der Waals surface area contributed by atoms with Crippen molar-refractivity contribution in [3.8, 4) is 21.8 Å². The Morgan fingerprint density at radius 3 is 2.33 bits per heavy atom. The van der Waals surface area contributed by atoms with E-state index in [0.717, 1.165) is 27.5 Å². The summed E-state index contributed by atoms with van der Waals surface area (Å²) < 4.78 is 0. The summed E-state index contributed by atoms with van der Waals surface area (Å²) in [5.74, 6) is 0. The van der Waals surface area contributed by atoms with Crippen LogP contribution in [0.3, 0.4) is 0 Å². The number of nitrogens with zero attached hydrogens (tertiary/aromatic N) is 3. The average Bonchev–Trinajstić information content (AvgIpc) is 2.85. The van der Waals surface area contributed by atoms with Crippen molar-refractivity contribution < 1.29 is 0 Å². The maximum absolute atomic E-state index is 5.65. The van der Waals surface area contributed by atoms with Crippen LogP contribution in [0.25, 0.3) is 21.8 Å². The van der Waals surface area contributed by atoms with Crippen molar-refractivity contribution in [2.75, 3.05) is 5.73 Å². The molecule has 0 spiro atoms. The van der Waals surface area contributed by atoms with Crippen molar-refractivity contribution in [3.05, 3.63) is 47.2 Å². The fourth-order valence-corrected chi connectivity index (χ4v) is 3.07. The third-order valence-electron chi connectivity index (χ3n) is 3.41. The molecule has 2 N–H and O–H groups in total. The zero-order valence-electron chi connectivity index (χ0n) is 12.2. The van der Waals surface area contributed by atoms with Gasteiger partial charge in [-0.25, -0.2) is 0 Å². The molecule has 0 aliphatic carbocycles. The molecule has 3 rings (SSSR count). The molecule has 0 bridgehead atoms. The Hall–Kier alpha value is -2.27. The van der Waals surface area contributed by atoms with E-state index in [1.54, 1.807) is 0 Å². The SMILES string of the molecule is Cc1ccc(-c2ccc(-c3nnc(N)s3)c(C)n2)c(C)c1. The molecule has 2 heterocycles. The van der Waals surface area contributed by atoms with E-state index in [1.807, 2.05) is 19.1 Å². The predicted molar refractivity (Wildman–Crippen MR) is 87.2 cm³/mol. The molecule has 106 valence electrons. The monoisotopic (exact) mass is 296 g/mol. The van der Waals surface area contributed by atoms with Crippen LogP contribution in [-0.2, 0) is 0 Å². The molecule has 0 fully saturated rings. The predicted octanol–water partition coefficient (Wildman–Crippen LogP) is 3.77. The molecule has 1 aromatic carbocycles. The van der Waals surface area contributed by atoms with Crippen molar-refractivity contribution >= 4 is 16.5 Å². The van der Waals surface area contributed by atoms with E-state index in [4.69, 9.17) is 10.7 Å². The molecule has 4 nitrogen and oxygen atoms in total. The Morgan fingerprint density at radius 1 is 0.952 bits per heavy atom. The lowest BCUT2D eigenvalue weighted by atomic mass is 10.0. The van der Waals surface area contributed by atoms with Crippen molar-refractivity contribution in [2.45, 2.75) is 20.8 Å². The summed E-state index contributed by atoms with van der Waals surface area (Å²) in [6.45, 7) is 6.19. The molecule has 0 radical (unpaired) electrons. The summed E-state index contributed by atoms with van der Waals surface area (Å²) in [5, 5.41) is 9.22. The molecule has 0 saturated carbocycles. The highest BCUT2D eigenvalue weighted by Gasteiger charge is 2.11. The third kappa shape index (κ3) is 2.64. The third-order valence-corrected chi connectivity index (χ3v) is 4.20. The molecule has 0 aliphatic heterocycles. The van der Waals surface area contributed by atoms with Crippen LogP contribution >= 0.6 is 11.3 Å². The standard InChI is InChI=1S/C16H16N4S/c1-9-4-5-12(10(2)8-9)14-7-6-13(11(3)18-14)15-19-20-16(17)21-15/h4-8H,1-3H3,(H2,17,20). The average molecular weight is 296 g/mol. The highest BCUT2D eigenvalue weighted by Crippen LogP contribution is 2.30. The lowest BCUT2D eigenvalue weighted by molar-refractivity contribution is 1.09. The van der Waals surface area contributed by atoms with Crippen molar-refractivity contribution in [1.29, 1.82) is 0 Å². The first-order valence-electron chi connectivity index (χ1n) is 6.69. The Kier molecular flexibility index (Phi) is 3.43. The van der Waals surface area contributed by atoms with Gasteiger partial charge < -0.3 is 5.73 Å². The van der Waals surface area contributed by atoms with Crippen LogP contribution in [0.5, 0.6) is 0 Å². The first kappa shape index (κ1) is 13.7. The molecule has 0 atom stereocenters. The second kappa shape index (κ2) is 5.26. The number of nitrogen functional groups attached to an aromatic ring is 1. The molecule has 0 amide bonds. The number of rotatable bonds is 2. The lowest BCUT2D eigenvalue weighted by Crippen LogP contribution is -1.93. The number of aromatic nitrogens is 3. The van der Waals surface area contributed by atoms with Crippen LogP contribution in [-0.4, -0.2) is 15.2 Å². The quantitative estimate of drug-likeness (QED) is 0.781. The van der Waals surface area contributed by atoms with Gasteiger partial charge in [0.2, 0.25) is 5.13 Å². The maximum Gasteiger partial charge on any atom is 0.203 e. The molecular weight excluding hydrogens is 280 g/mol. The van der Waals surface area contributed by atoms with Gasteiger partial charge in [-0.05, 0) is 38.5 Å². The molecule has 0 unspecified atom stereocenters. The summed E-state index contributed by atoms with van der Waals surface area (Å²) in [5.41, 5.74) is 12.2. The fourth-order valence-electron chi connectivity index (χ4n) is 2.38. The minimum Gasteiger partial charge on any atom is -0.374 e. The van der Waals surface area contributed by atoms with E-state index in [0.29, 0.717) is 5.13 Å². The van der Waals surface area contributed by atoms with Gasteiger partial charge in [0.1, 0.15) is 0 Å². The van der Waals surface area contributed by atoms with E-state index in [1.165, 1.54) is 22.5 Å². The maximum atomic E-state index is 5.65. The summed E-state index contributed by atoms with van der Waals surface area (Å²) in [4.78, 5) is 4.72. The van der Waals surface area contributed by atoms with Crippen LogP contribution in [0, 0.1) is 20.8 Å².